The fraction of sp³-hybridized carbons (Fsp3) is 0.818. The second-order valence-corrected chi connectivity index (χ2v) is 5.87. The summed E-state index contributed by atoms with van der Waals surface area (Å²) < 4.78 is 22.2. The highest BCUT2D eigenvalue weighted by atomic mass is 79.9. The van der Waals surface area contributed by atoms with Crippen LogP contribution >= 0.6 is 15.9 Å². The molecule has 2 aliphatic rings. The van der Waals surface area contributed by atoms with E-state index in [1.165, 1.54) is 7.11 Å². The summed E-state index contributed by atoms with van der Waals surface area (Å²) in [6.07, 6.45) is -2.84. The highest BCUT2D eigenvalue weighted by Crippen LogP contribution is 2.36. The van der Waals surface area contributed by atoms with Gasteiger partial charge in [-0.2, -0.15) is 0 Å². The first-order valence-corrected chi connectivity index (χ1v) is 7.00. The summed E-state index contributed by atoms with van der Waals surface area (Å²) in [5.41, 5.74) is 0. The number of urea groups is 1. The number of ether oxygens (including phenoxy) is 2. The maximum Gasteiger partial charge on any atom is 0.328 e. The summed E-state index contributed by atoms with van der Waals surface area (Å²) in [5, 5.41) is 11.7. The smallest absolute Gasteiger partial charge is 0.328 e. The fourth-order valence-electron chi connectivity index (χ4n) is 2.44. The first-order valence-electron chi connectivity index (χ1n) is 6.20. The van der Waals surface area contributed by atoms with Crippen LogP contribution in [-0.4, -0.2) is 58.3 Å². The summed E-state index contributed by atoms with van der Waals surface area (Å²) in [6, 6.07) is -0.816. The van der Waals surface area contributed by atoms with E-state index >= 15 is 0 Å². The number of nitrogens with zero attached hydrogens (tertiary/aromatic N) is 1. The number of nitrogens with one attached hydrogen (secondary N) is 1. The van der Waals surface area contributed by atoms with Crippen LogP contribution in [0, 0.1) is 0 Å². The molecule has 5 atom stereocenters. The molecule has 0 radical (unpaired) electrons. The molecule has 2 fully saturated rings. The summed E-state index contributed by atoms with van der Waals surface area (Å²) >= 11 is 2.63. The lowest BCUT2D eigenvalue weighted by atomic mass is 10.1. The summed E-state index contributed by atoms with van der Waals surface area (Å²) in [5.74, 6) is -1.13. The van der Waals surface area contributed by atoms with Crippen LogP contribution in [0.3, 0.4) is 0 Å². The van der Waals surface area contributed by atoms with E-state index in [4.69, 9.17) is 9.47 Å². The number of carbonyl (C=O) groups excluding carboxylic acids is 2. The van der Waals surface area contributed by atoms with Gasteiger partial charge in [0.1, 0.15) is 6.23 Å². The third-order valence-electron chi connectivity index (χ3n) is 3.46. The van der Waals surface area contributed by atoms with Gasteiger partial charge in [0.2, 0.25) is 0 Å². The summed E-state index contributed by atoms with van der Waals surface area (Å²) in [7, 11) is 1.18. The molecule has 0 saturated carbocycles. The fourth-order valence-corrected chi connectivity index (χ4v) is 2.94. The van der Waals surface area contributed by atoms with Crippen LogP contribution in [0.15, 0.2) is 0 Å². The van der Waals surface area contributed by atoms with E-state index in [0.29, 0.717) is 6.42 Å². The van der Waals surface area contributed by atoms with Crippen molar-refractivity contribution in [3.8, 4) is 0 Å². The van der Waals surface area contributed by atoms with Crippen molar-refractivity contribution in [2.75, 3.05) is 7.11 Å². The predicted octanol–water partition coefficient (Wildman–Crippen LogP) is 0.457. The summed E-state index contributed by atoms with van der Waals surface area (Å²) in [4.78, 5) is 24.4. The van der Waals surface area contributed by atoms with Crippen molar-refractivity contribution in [2.45, 2.75) is 49.0 Å². The number of hydrogen-bond donors (Lipinski definition) is 2. The van der Waals surface area contributed by atoms with Crippen LogP contribution < -0.4 is 5.32 Å². The first kappa shape index (κ1) is 15.6. The molecule has 0 spiro atoms. The number of alkyl halides is 2. The van der Waals surface area contributed by atoms with Crippen LogP contribution in [0.4, 0.5) is 9.18 Å². The zero-order valence-corrected chi connectivity index (χ0v) is 12.6. The standard InChI is InChI=1S/C11H16BrFN2O5/c1-3-6-5(16)4-7(20-6)15-9(19-2)11(12,13)8(17)14-10(15)18/h5-7,9,16H,3-4H2,1-2H3,(H,14,17,18)/t5-,6+,7+,9?,11?/m0/s1. The molecule has 2 rings (SSSR count). The van der Waals surface area contributed by atoms with E-state index in [-0.39, 0.29) is 6.42 Å². The van der Waals surface area contributed by atoms with Crippen molar-refractivity contribution in [1.82, 2.24) is 10.2 Å². The van der Waals surface area contributed by atoms with Crippen molar-refractivity contribution >= 4 is 27.9 Å². The lowest BCUT2D eigenvalue weighted by Gasteiger charge is -2.42. The lowest BCUT2D eigenvalue weighted by Crippen LogP contribution is -2.68. The third-order valence-corrected chi connectivity index (χ3v) is 4.21. The van der Waals surface area contributed by atoms with Gasteiger partial charge in [-0.25, -0.2) is 9.18 Å². The van der Waals surface area contributed by atoms with Crippen molar-refractivity contribution in [3.63, 3.8) is 0 Å². The molecule has 2 N–H and O–H groups in total. The number of methoxy groups -OCH3 is 1. The number of amides is 3. The molecule has 0 bridgehead atoms. The number of aliphatic hydroxyl groups excluding tert-OH is 1. The Bertz CT molecular complexity index is 422. The Morgan fingerprint density at radius 1 is 1.65 bits per heavy atom. The van der Waals surface area contributed by atoms with Gasteiger partial charge < -0.3 is 14.6 Å². The number of imide groups is 1. The van der Waals surface area contributed by atoms with Crippen molar-refractivity contribution in [1.29, 1.82) is 0 Å². The van der Waals surface area contributed by atoms with Gasteiger partial charge in [-0.15, -0.1) is 0 Å². The Hall–Kier alpha value is -0.770. The minimum absolute atomic E-state index is 0.128. The molecule has 114 valence electrons. The number of hydrogen-bond acceptors (Lipinski definition) is 5. The molecule has 2 aliphatic heterocycles. The molecule has 7 nitrogen and oxygen atoms in total. The Kier molecular flexibility index (Phi) is 4.33. The molecule has 20 heavy (non-hydrogen) atoms. The number of halogens is 2. The first-order chi connectivity index (χ1) is 9.32. The van der Waals surface area contributed by atoms with Crippen molar-refractivity contribution < 1.29 is 28.6 Å². The molecule has 0 aliphatic carbocycles. The highest BCUT2D eigenvalue weighted by Gasteiger charge is 2.57. The van der Waals surface area contributed by atoms with E-state index in [2.05, 4.69) is 15.9 Å². The molecule has 0 aromatic heterocycles. The minimum atomic E-state index is -2.58. The van der Waals surface area contributed by atoms with Gasteiger partial charge in [-0.3, -0.25) is 15.0 Å². The monoisotopic (exact) mass is 354 g/mol. The van der Waals surface area contributed by atoms with Crippen molar-refractivity contribution in [3.05, 3.63) is 0 Å². The second-order valence-electron chi connectivity index (χ2n) is 4.72. The average Bonchev–Trinajstić information content (AvgIpc) is 2.74. The van der Waals surface area contributed by atoms with Gasteiger partial charge in [-0.1, -0.05) is 6.92 Å². The minimum Gasteiger partial charge on any atom is -0.390 e. The Morgan fingerprint density at radius 2 is 2.30 bits per heavy atom. The molecule has 3 amide bonds. The van der Waals surface area contributed by atoms with E-state index in [1.54, 1.807) is 0 Å². The highest BCUT2D eigenvalue weighted by molar-refractivity contribution is 9.10. The van der Waals surface area contributed by atoms with Gasteiger partial charge in [0.15, 0.2) is 6.23 Å². The Balaban J connectivity index is 2.25. The van der Waals surface area contributed by atoms with Gasteiger partial charge in [-0.05, 0) is 22.4 Å². The van der Waals surface area contributed by atoms with Crippen LogP contribution in [0.1, 0.15) is 19.8 Å². The summed E-state index contributed by atoms with van der Waals surface area (Å²) in [6.45, 7) is 1.83. The largest absolute Gasteiger partial charge is 0.390 e. The number of aliphatic hydroxyl groups is 1. The molecule has 9 heteroatoms. The van der Waals surface area contributed by atoms with E-state index in [0.717, 1.165) is 4.90 Å². The number of carbonyl (C=O) groups is 2. The van der Waals surface area contributed by atoms with Gasteiger partial charge in [0.25, 0.3) is 10.5 Å². The van der Waals surface area contributed by atoms with Crippen LogP contribution in [0.5, 0.6) is 0 Å². The number of rotatable bonds is 3. The molecule has 2 heterocycles. The van der Waals surface area contributed by atoms with Gasteiger partial charge in [0.05, 0.1) is 12.2 Å². The molecule has 0 aromatic rings. The average molecular weight is 355 g/mol. The van der Waals surface area contributed by atoms with Gasteiger partial charge in [0, 0.05) is 13.5 Å². The van der Waals surface area contributed by atoms with Crippen LogP contribution in [0.2, 0.25) is 0 Å². The zero-order chi connectivity index (χ0) is 15.1. The topological polar surface area (TPSA) is 88.1 Å². The molecular formula is C11H16BrFN2O5. The van der Waals surface area contributed by atoms with E-state index in [1.807, 2.05) is 12.2 Å². The lowest BCUT2D eigenvalue weighted by molar-refractivity contribution is -0.167. The van der Waals surface area contributed by atoms with Crippen LogP contribution in [0.25, 0.3) is 0 Å². The van der Waals surface area contributed by atoms with Gasteiger partial charge >= 0.3 is 6.03 Å². The molecule has 2 unspecified atom stereocenters. The molecule has 2 saturated heterocycles. The van der Waals surface area contributed by atoms with Crippen molar-refractivity contribution in [2.24, 2.45) is 0 Å². The predicted molar refractivity (Wildman–Crippen MR) is 68.5 cm³/mol. The quantitative estimate of drug-likeness (QED) is 0.718. The Labute approximate surface area is 123 Å². The maximum absolute atomic E-state index is 14.4. The van der Waals surface area contributed by atoms with E-state index < -0.39 is 41.2 Å². The van der Waals surface area contributed by atoms with E-state index in [9.17, 15) is 19.1 Å². The maximum atomic E-state index is 14.4. The SMILES string of the molecule is CC[C@H]1O[C@@H](N2C(=O)NC(=O)C(F)(Br)C2OC)C[C@@H]1O. The van der Waals surface area contributed by atoms with Crippen LogP contribution in [-0.2, 0) is 14.3 Å². The molecule has 0 aromatic carbocycles. The second kappa shape index (κ2) is 5.55. The molecular weight excluding hydrogens is 339 g/mol. The Morgan fingerprint density at radius 3 is 2.80 bits per heavy atom. The normalized spacial score (nSPS) is 42.0. The third kappa shape index (κ3) is 2.43. The zero-order valence-electron chi connectivity index (χ0n) is 11.0.